The van der Waals surface area contributed by atoms with Crippen LogP contribution in [0.15, 0.2) is 0 Å². The Kier molecular flexibility index (Phi) is 2.66. The highest BCUT2D eigenvalue weighted by Gasteiger charge is 2.43. The van der Waals surface area contributed by atoms with Crippen LogP contribution >= 0.6 is 0 Å². The van der Waals surface area contributed by atoms with Gasteiger partial charge in [-0.25, -0.2) is 4.79 Å². The van der Waals surface area contributed by atoms with E-state index in [1.807, 2.05) is 0 Å². The maximum atomic E-state index is 11.5. The van der Waals surface area contributed by atoms with Gasteiger partial charge in [0, 0.05) is 20.6 Å². The molecule has 0 aromatic rings. The highest BCUT2D eigenvalue weighted by atomic mass is 16.4. The van der Waals surface area contributed by atoms with Crippen LogP contribution in [0.4, 0.5) is 4.79 Å². The van der Waals surface area contributed by atoms with Gasteiger partial charge < -0.3 is 20.6 Å². The summed E-state index contributed by atoms with van der Waals surface area (Å²) < 4.78 is 0. The molecule has 0 bridgehead atoms. The van der Waals surface area contributed by atoms with E-state index in [-0.39, 0.29) is 12.6 Å². The third-order valence-corrected chi connectivity index (χ3v) is 2.38. The Labute approximate surface area is 82.3 Å². The average Bonchev–Trinajstić information content (AvgIpc) is 2.48. The van der Waals surface area contributed by atoms with E-state index in [4.69, 9.17) is 10.8 Å². The predicted octanol–water partition coefficient (Wildman–Crippen LogP) is -0.844. The van der Waals surface area contributed by atoms with Crippen LogP contribution in [0, 0.1) is 0 Å². The molecule has 0 saturated carbocycles. The number of rotatable bonds is 1. The highest BCUT2D eigenvalue weighted by Crippen LogP contribution is 2.19. The van der Waals surface area contributed by atoms with E-state index in [1.165, 1.54) is 9.80 Å². The molecule has 0 aliphatic carbocycles. The summed E-state index contributed by atoms with van der Waals surface area (Å²) >= 11 is 0. The minimum Gasteiger partial charge on any atom is -0.480 e. The molecule has 6 heteroatoms. The molecule has 1 aliphatic heterocycles. The Bertz CT molecular complexity index is 267. The summed E-state index contributed by atoms with van der Waals surface area (Å²) in [4.78, 5) is 25.1. The van der Waals surface area contributed by atoms with Crippen molar-refractivity contribution in [3.63, 3.8) is 0 Å². The quantitative estimate of drug-likeness (QED) is 0.579. The lowest BCUT2D eigenvalue weighted by Crippen LogP contribution is -2.51. The fourth-order valence-corrected chi connectivity index (χ4v) is 1.45. The van der Waals surface area contributed by atoms with Crippen LogP contribution in [0.25, 0.3) is 0 Å². The number of amides is 2. The van der Waals surface area contributed by atoms with E-state index >= 15 is 0 Å². The molecule has 1 aliphatic rings. The van der Waals surface area contributed by atoms with Crippen molar-refractivity contribution in [1.29, 1.82) is 0 Å². The number of aliphatic carboxylic acids is 1. The van der Waals surface area contributed by atoms with E-state index in [0.29, 0.717) is 13.0 Å². The van der Waals surface area contributed by atoms with E-state index in [1.54, 1.807) is 14.1 Å². The SMILES string of the molecule is CN(C)C(=O)N1CCC(N)(C(=O)O)C1. The summed E-state index contributed by atoms with van der Waals surface area (Å²) in [5.74, 6) is -1.05. The number of carbonyl (C=O) groups is 2. The van der Waals surface area contributed by atoms with E-state index in [9.17, 15) is 9.59 Å². The fraction of sp³-hybridized carbons (Fsp3) is 0.750. The Morgan fingerprint density at radius 3 is 2.43 bits per heavy atom. The molecule has 1 heterocycles. The number of carboxylic acids is 1. The minimum absolute atomic E-state index is 0.0827. The topological polar surface area (TPSA) is 86.9 Å². The van der Waals surface area contributed by atoms with Crippen molar-refractivity contribution in [3.8, 4) is 0 Å². The lowest BCUT2D eigenvalue weighted by molar-refractivity contribution is -0.142. The molecule has 1 unspecified atom stereocenters. The molecular weight excluding hydrogens is 186 g/mol. The van der Waals surface area contributed by atoms with E-state index < -0.39 is 11.5 Å². The highest BCUT2D eigenvalue weighted by molar-refractivity contribution is 5.82. The monoisotopic (exact) mass is 201 g/mol. The summed E-state index contributed by atoms with van der Waals surface area (Å²) in [7, 11) is 3.25. The molecule has 2 amide bonds. The molecule has 6 nitrogen and oxygen atoms in total. The zero-order valence-electron chi connectivity index (χ0n) is 8.36. The first-order valence-corrected chi connectivity index (χ1v) is 4.35. The van der Waals surface area contributed by atoms with Crippen LogP contribution in [0.5, 0.6) is 0 Å². The third-order valence-electron chi connectivity index (χ3n) is 2.38. The molecule has 0 aromatic heterocycles. The second-order valence-electron chi connectivity index (χ2n) is 3.81. The van der Waals surface area contributed by atoms with Crippen molar-refractivity contribution in [1.82, 2.24) is 9.80 Å². The van der Waals surface area contributed by atoms with Gasteiger partial charge in [-0.15, -0.1) is 0 Å². The average molecular weight is 201 g/mol. The summed E-state index contributed by atoms with van der Waals surface area (Å²) in [6.07, 6.45) is 0.307. The van der Waals surface area contributed by atoms with Gasteiger partial charge in [-0.3, -0.25) is 4.79 Å². The summed E-state index contributed by atoms with van der Waals surface area (Å²) in [6.45, 7) is 0.485. The Balaban J connectivity index is 2.66. The van der Waals surface area contributed by atoms with E-state index in [0.717, 1.165) is 0 Å². The number of nitrogens with two attached hydrogens (primary N) is 1. The molecule has 0 aromatic carbocycles. The Morgan fingerprint density at radius 1 is 1.50 bits per heavy atom. The molecule has 1 atom stereocenters. The van der Waals surface area contributed by atoms with Gasteiger partial charge in [-0.05, 0) is 6.42 Å². The molecule has 14 heavy (non-hydrogen) atoms. The van der Waals surface area contributed by atoms with Gasteiger partial charge in [-0.1, -0.05) is 0 Å². The van der Waals surface area contributed by atoms with Gasteiger partial charge >= 0.3 is 12.0 Å². The van der Waals surface area contributed by atoms with Crippen LogP contribution in [-0.4, -0.2) is 59.6 Å². The largest absolute Gasteiger partial charge is 0.480 e. The molecule has 80 valence electrons. The zero-order valence-corrected chi connectivity index (χ0v) is 8.36. The number of hydrogen-bond donors (Lipinski definition) is 2. The van der Waals surface area contributed by atoms with Crippen LogP contribution in [0.1, 0.15) is 6.42 Å². The zero-order chi connectivity index (χ0) is 10.9. The number of hydrogen-bond acceptors (Lipinski definition) is 3. The Morgan fingerprint density at radius 2 is 2.07 bits per heavy atom. The van der Waals surface area contributed by atoms with Crippen molar-refractivity contribution in [2.24, 2.45) is 5.73 Å². The lowest BCUT2D eigenvalue weighted by Gasteiger charge is -2.23. The molecule has 1 saturated heterocycles. The minimum atomic E-state index is -1.27. The molecule has 0 spiro atoms. The number of likely N-dealkylation sites (tertiary alicyclic amines) is 1. The van der Waals surface area contributed by atoms with Gasteiger partial charge in [-0.2, -0.15) is 0 Å². The standard InChI is InChI=1S/C8H15N3O3/c1-10(2)7(14)11-4-3-8(9,5-11)6(12)13/h3-5,9H2,1-2H3,(H,12,13). The van der Waals surface area contributed by atoms with Crippen LogP contribution < -0.4 is 5.73 Å². The second kappa shape index (κ2) is 3.45. The van der Waals surface area contributed by atoms with E-state index in [2.05, 4.69) is 0 Å². The lowest BCUT2D eigenvalue weighted by atomic mass is 10.0. The molecular formula is C8H15N3O3. The molecule has 0 radical (unpaired) electrons. The van der Waals surface area contributed by atoms with Crippen molar-refractivity contribution >= 4 is 12.0 Å². The van der Waals surface area contributed by atoms with Crippen LogP contribution in [0.3, 0.4) is 0 Å². The predicted molar refractivity (Wildman–Crippen MR) is 49.8 cm³/mol. The van der Waals surface area contributed by atoms with Gasteiger partial charge in [0.2, 0.25) is 0 Å². The smallest absolute Gasteiger partial charge is 0.325 e. The van der Waals surface area contributed by atoms with Crippen molar-refractivity contribution in [2.75, 3.05) is 27.2 Å². The summed E-state index contributed by atoms with van der Waals surface area (Å²) in [5, 5.41) is 8.83. The molecule has 3 N–H and O–H groups in total. The first-order valence-electron chi connectivity index (χ1n) is 4.35. The van der Waals surface area contributed by atoms with Gasteiger partial charge in [0.1, 0.15) is 5.54 Å². The van der Waals surface area contributed by atoms with Crippen molar-refractivity contribution in [2.45, 2.75) is 12.0 Å². The molecule has 1 rings (SSSR count). The number of nitrogens with zero attached hydrogens (tertiary/aromatic N) is 2. The van der Waals surface area contributed by atoms with Crippen LogP contribution in [0.2, 0.25) is 0 Å². The first kappa shape index (κ1) is 10.8. The van der Waals surface area contributed by atoms with Crippen LogP contribution in [-0.2, 0) is 4.79 Å². The summed E-state index contributed by atoms with van der Waals surface area (Å²) in [5.41, 5.74) is 4.35. The fourth-order valence-electron chi connectivity index (χ4n) is 1.45. The third kappa shape index (κ3) is 1.79. The normalized spacial score (nSPS) is 26.4. The molecule has 1 fully saturated rings. The van der Waals surface area contributed by atoms with Crippen molar-refractivity contribution < 1.29 is 14.7 Å². The van der Waals surface area contributed by atoms with Gasteiger partial charge in [0.05, 0.1) is 6.54 Å². The number of carbonyl (C=O) groups excluding carboxylic acids is 1. The second-order valence-corrected chi connectivity index (χ2v) is 3.81. The van der Waals surface area contributed by atoms with Gasteiger partial charge in [0.25, 0.3) is 0 Å². The first-order chi connectivity index (χ1) is 6.37. The maximum Gasteiger partial charge on any atom is 0.325 e. The summed E-state index contributed by atoms with van der Waals surface area (Å²) in [6, 6.07) is -0.196. The Hall–Kier alpha value is -1.30. The maximum absolute atomic E-state index is 11.5. The van der Waals surface area contributed by atoms with Crippen molar-refractivity contribution in [3.05, 3.63) is 0 Å². The number of urea groups is 1. The number of carboxylic acid groups (broad SMARTS) is 1. The van der Waals surface area contributed by atoms with Gasteiger partial charge in [0.15, 0.2) is 0 Å².